The van der Waals surface area contributed by atoms with Crippen LogP contribution in [-0.2, 0) is 11.2 Å². The Balaban J connectivity index is 1.39. The van der Waals surface area contributed by atoms with Gasteiger partial charge in [0.25, 0.3) is 0 Å². The lowest BCUT2D eigenvalue weighted by Gasteiger charge is -2.31. The lowest BCUT2D eigenvalue weighted by molar-refractivity contribution is -0.120. The van der Waals surface area contributed by atoms with Gasteiger partial charge < -0.3 is 9.15 Å². The zero-order chi connectivity index (χ0) is 24.7. The monoisotopic (exact) mass is 476 g/mol. The Hall–Kier alpha value is -4.18. The van der Waals surface area contributed by atoms with Crippen molar-refractivity contribution in [2.45, 2.75) is 37.7 Å². The topological polar surface area (TPSA) is 56.5 Å². The Labute approximate surface area is 210 Å². The van der Waals surface area contributed by atoms with Gasteiger partial charge in [0.1, 0.15) is 23.4 Å². The molecule has 0 amide bonds. The molecule has 0 fully saturated rings. The fourth-order valence-electron chi connectivity index (χ4n) is 4.74. The van der Waals surface area contributed by atoms with Crippen LogP contribution in [0.1, 0.15) is 53.2 Å². The number of fused-ring (bicyclic) bond motifs is 1. The van der Waals surface area contributed by atoms with Crippen LogP contribution in [0.4, 0.5) is 0 Å². The Kier molecular flexibility index (Phi) is 7.23. The van der Waals surface area contributed by atoms with E-state index in [0.717, 1.165) is 16.7 Å². The second kappa shape index (κ2) is 11.0. The molecule has 0 spiro atoms. The molecule has 4 heteroatoms. The van der Waals surface area contributed by atoms with Crippen LogP contribution in [0.2, 0.25) is 0 Å². The van der Waals surface area contributed by atoms with Gasteiger partial charge in [-0.05, 0) is 35.6 Å². The highest BCUT2D eigenvalue weighted by molar-refractivity contribution is 5.79. The van der Waals surface area contributed by atoms with E-state index >= 15 is 0 Å². The molecule has 0 radical (unpaired) electrons. The Morgan fingerprint density at radius 1 is 0.861 bits per heavy atom. The van der Waals surface area contributed by atoms with Crippen LogP contribution in [0.25, 0.3) is 12.2 Å². The van der Waals surface area contributed by atoms with Crippen molar-refractivity contribution in [1.29, 1.82) is 0 Å². The van der Waals surface area contributed by atoms with Crippen molar-refractivity contribution in [1.82, 2.24) is 0 Å². The van der Waals surface area contributed by atoms with Crippen LogP contribution in [0.15, 0.2) is 106 Å². The summed E-state index contributed by atoms with van der Waals surface area (Å²) in [5, 5.41) is 0. The molecule has 0 saturated heterocycles. The van der Waals surface area contributed by atoms with Crippen LogP contribution in [0, 0.1) is 0 Å². The maximum atomic E-state index is 13.1. The first-order valence-electron chi connectivity index (χ1n) is 12.3. The van der Waals surface area contributed by atoms with Crippen LogP contribution in [-0.4, -0.2) is 11.9 Å². The molecule has 180 valence electrons. The molecule has 2 atom stereocenters. The van der Waals surface area contributed by atoms with Gasteiger partial charge in [0, 0.05) is 24.8 Å². The van der Waals surface area contributed by atoms with Gasteiger partial charge in [0.05, 0.1) is 5.56 Å². The van der Waals surface area contributed by atoms with Crippen molar-refractivity contribution >= 4 is 17.9 Å². The van der Waals surface area contributed by atoms with Gasteiger partial charge in [-0.1, -0.05) is 97.1 Å². The van der Waals surface area contributed by atoms with Crippen LogP contribution in [0.3, 0.4) is 0 Å². The molecule has 2 heterocycles. The van der Waals surface area contributed by atoms with Crippen molar-refractivity contribution in [2.75, 3.05) is 0 Å². The first-order valence-corrected chi connectivity index (χ1v) is 12.3. The fraction of sp³-hybridized carbons (Fsp3) is 0.188. The molecule has 1 aromatic heterocycles. The summed E-state index contributed by atoms with van der Waals surface area (Å²) in [6, 6.07) is 31.5. The second-order valence-electron chi connectivity index (χ2n) is 9.13. The van der Waals surface area contributed by atoms with Crippen LogP contribution < -0.4 is 10.4 Å². The number of hydrogen-bond donors (Lipinski definition) is 0. The molecule has 4 aromatic rings. The zero-order valence-corrected chi connectivity index (χ0v) is 20.0. The second-order valence-corrected chi connectivity index (χ2v) is 9.13. The van der Waals surface area contributed by atoms with Crippen molar-refractivity contribution < 1.29 is 13.9 Å². The highest BCUT2D eigenvalue weighted by Crippen LogP contribution is 2.40. The summed E-state index contributed by atoms with van der Waals surface area (Å²) < 4.78 is 11.9. The molecule has 1 aliphatic rings. The van der Waals surface area contributed by atoms with Gasteiger partial charge in [-0.15, -0.1) is 0 Å². The molecular weight excluding hydrogens is 448 g/mol. The summed E-state index contributed by atoms with van der Waals surface area (Å²) in [7, 11) is 0. The quantitative estimate of drug-likeness (QED) is 0.284. The number of aryl methyl sites for hydroxylation is 1. The number of benzene rings is 3. The van der Waals surface area contributed by atoms with Gasteiger partial charge in [-0.2, -0.15) is 0 Å². The zero-order valence-electron chi connectivity index (χ0n) is 20.0. The van der Waals surface area contributed by atoms with Crippen molar-refractivity contribution in [2.24, 2.45) is 0 Å². The smallest absolute Gasteiger partial charge is 0.343 e. The van der Waals surface area contributed by atoms with Gasteiger partial charge >= 0.3 is 5.63 Å². The van der Waals surface area contributed by atoms with Crippen LogP contribution in [0.5, 0.6) is 5.75 Å². The number of ketones is 1. The number of Topliss-reactive ketones (excluding diaryl/α,β-unsaturated/α-hetero) is 1. The lowest BCUT2D eigenvalue weighted by atomic mass is 9.83. The maximum Gasteiger partial charge on any atom is 0.343 e. The minimum absolute atomic E-state index is 0.159. The summed E-state index contributed by atoms with van der Waals surface area (Å²) in [5.41, 5.74) is 3.29. The highest BCUT2D eigenvalue weighted by Gasteiger charge is 2.34. The van der Waals surface area contributed by atoms with Gasteiger partial charge in [-0.3, -0.25) is 4.79 Å². The highest BCUT2D eigenvalue weighted by atomic mass is 16.5. The van der Waals surface area contributed by atoms with Gasteiger partial charge in [-0.25, -0.2) is 4.79 Å². The Bertz CT molecular complexity index is 1390. The molecule has 5 rings (SSSR count). The molecule has 0 N–H and O–H groups in total. The third-order valence-corrected chi connectivity index (χ3v) is 6.54. The van der Waals surface area contributed by atoms with Gasteiger partial charge in [0.2, 0.25) is 0 Å². The average molecular weight is 477 g/mol. The Morgan fingerprint density at radius 2 is 1.53 bits per heavy atom. The number of carbonyl (C=O) groups excluding carboxylic acids is 1. The minimum Gasteiger partial charge on any atom is -0.489 e. The number of rotatable bonds is 8. The summed E-state index contributed by atoms with van der Waals surface area (Å²) in [4.78, 5) is 26.0. The predicted octanol–water partition coefficient (Wildman–Crippen LogP) is 6.69. The molecule has 4 nitrogen and oxygen atoms in total. The molecule has 36 heavy (non-hydrogen) atoms. The standard InChI is InChI=1S/C32H28O4/c33-26(18-16-23-10-4-1-5-11-23)20-28-21-29(25-14-8-3-9-15-25)31-30(35-28)22-27(36-32(31)34)19-17-24-12-6-2-7-13-24/h1-15,17,19,22,28-29H,16,18,20-21H2/t28-,29+/m1/s1. The first-order chi connectivity index (χ1) is 17.7. The van der Waals surface area contributed by atoms with Crippen molar-refractivity contribution in [3.8, 4) is 5.75 Å². The minimum atomic E-state index is -0.400. The molecule has 0 saturated carbocycles. The SMILES string of the molecule is O=C(CCc1ccccc1)C[C@@H]1C[C@@H](c2ccccc2)c2c(cc(C=Cc3ccccc3)oc2=O)O1. The lowest BCUT2D eigenvalue weighted by Crippen LogP contribution is -2.32. The van der Waals surface area contributed by atoms with E-state index in [1.807, 2.05) is 97.1 Å². The van der Waals surface area contributed by atoms with Crippen molar-refractivity contribution in [3.05, 3.63) is 135 Å². The first kappa shape index (κ1) is 23.6. The molecule has 0 aliphatic carbocycles. The molecular formula is C32H28O4. The fourth-order valence-corrected chi connectivity index (χ4v) is 4.74. The Morgan fingerprint density at radius 3 is 2.25 bits per heavy atom. The maximum absolute atomic E-state index is 13.1. The van der Waals surface area contributed by atoms with E-state index in [1.54, 1.807) is 12.1 Å². The third kappa shape index (κ3) is 5.72. The normalized spacial score (nSPS) is 16.9. The van der Waals surface area contributed by atoms with E-state index in [9.17, 15) is 9.59 Å². The average Bonchev–Trinajstić information content (AvgIpc) is 2.92. The third-order valence-electron chi connectivity index (χ3n) is 6.54. The molecule has 1 aliphatic heterocycles. The van der Waals surface area contributed by atoms with E-state index in [4.69, 9.17) is 9.15 Å². The van der Waals surface area contributed by atoms with E-state index in [-0.39, 0.29) is 17.8 Å². The molecule has 3 aromatic carbocycles. The summed E-state index contributed by atoms with van der Waals surface area (Å²) in [5.74, 6) is 0.891. The van der Waals surface area contributed by atoms with E-state index in [1.165, 1.54) is 0 Å². The van der Waals surface area contributed by atoms with Crippen LogP contribution >= 0.6 is 0 Å². The molecule has 0 unspecified atom stereocenters. The predicted molar refractivity (Wildman–Crippen MR) is 142 cm³/mol. The number of hydrogen-bond acceptors (Lipinski definition) is 4. The number of ether oxygens (including phenoxy) is 1. The summed E-state index contributed by atoms with van der Waals surface area (Å²) in [6.45, 7) is 0. The van der Waals surface area contributed by atoms with Crippen molar-refractivity contribution in [3.63, 3.8) is 0 Å². The summed E-state index contributed by atoms with van der Waals surface area (Å²) >= 11 is 0. The molecule has 0 bridgehead atoms. The van der Waals surface area contributed by atoms with E-state index in [0.29, 0.717) is 42.8 Å². The summed E-state index contributed by atoms with van der Waals surface area (Å²) in [6.07, 6.45) is 5.40. The van der Waals surface area contributed by atoms with E-state index in [2.05, 4.69) is 0 Å². The van der Waals surface area contributed by atoms with Gasteiger partial charge in [0.15, 0.2) is 0 Å². The number of carbonyl (C=O) groups is 1. The van der Waals surface area contributed by atoms with E-state index < -0.39 is 5.63 Å². The largest absolute Gasteiger partial charge is 0.489 e.